The Morgan fingerprint density at radius 3 is 2.49 bits per heavy atom. The number of amides is 1. The lowest BCUT2D eigenvalue weighted by Crippen LogP contribution is -2.62. The molecule has 0 aliphatic heterocycles. The molecule has 0 heterocycles. The number of aliphatic hydroxyl groups excluding tert-OH is 4. The molecule has 1 amide bonds. The van der Waals surface area contributed by atoms with Crippen LogP contribution < -0.4 is 5.32 Å². The molecular formula is C32H59N2O8S+. The maximum atomic E-state index is 12.9. The van der Waals surface area contributed by atoms with E-state index in [1.807, 2.05) is 0 Å². The lowest BCUT2D eigenvalue weighted by atomic mass is 9.43. The molecule has 0 saturated heterocycles. The fraction of sp³-hybridized carbons (Fsp3) is 0.969. The van der Waals surface area contributed by atoms with E-state index in [2.05, 4.69) is 26.1 Å². The second-order valence-electron chi connectivity index (χ2n) is 15.0. The zero-order valence-corrected chi connectivity index (χ0v) is 26.8. The Balaban J connectivity index is 1.34. The molecule has 0 aromatic rings. The first-order chi connectivity index (χ1) is 22.4. The first kappa shape index (κ1) is 27.3. The second-order valence-corrected chi connectivity index (χ2v) is 16.5. The fourth-order valence-electron chi connectivity index (χ4n) is 10.1. The van der Waals surface area contributed by atoms with Gasteiger partial charge in [0.25, 0.3) is 10.1 Å². The summed E-state index contributed by atoms with van der Waals surface area (Å²) in [6, 6.07) is 0. The van der Waals surface area contributed by atoms with Gasteiger partial charge in [0.05, 0.1) is 47.0 Å². The van der Waals surface area contributed by atoms with Gasteiger partial charge in [-0.2, -0.15) is 8.42 Å². The van der Waals surface area contributed by atoms with Crippen LogP contribution in [0.25, 0.3) is 0 Å². The summed E-state index contributed by atoms with van der Waals surface area (Å²) in [6.07, 6.45) is 2.84. The van der Waals surface area contributed by atoms with Gasteiger partial charge in [-0.15, -0.1) is 0 Å². The van der Waals surface area contributed by atoms with Gasteiger partial charge in [-0.1, -0.05) is 20.8 Å². The highest BCUT2D eigenvalue weighted by atomic mass is 32.2. The minimum Gasteiger partial charge on any atom is -0.393 e. The van der Waals surface area contributed by atoms with Crippen molar-refractivity contribution in [2.24, 2.45) is 46.3 Å². The van der Waals surface area contributed by atoms with E-state index in [-0.39, 0.29) is 72.3 Å². The van der Waals surface area contributed by atoms with Crippen molar-refractivity contribution in [3.05, 3.63) is 0 Å². The molecule has 4 rings (SSSR count). The van der Waals surface area contributed by atoms with Crippen molar-refractivity contribution in [3.8, 4) is 0 Å². The molecule has 0 bridgehead atoms. The smallest absolute Gasteiger partial charge is 0.267 e. The molecule has 43 heavy (non-hydrogen) atoms. The molecule has 0 radical (unpaired) electrons. The van der Waals surface area contributed by atoms with Gasteiger partial charge >= 0.3 is 0 Å². The summed E-state index contributed by atoms with van der Waals surface area (Å²) in [7, 11) is -4.69. The van der Waals surface area contributed by atoms with Crippen LogP contribution in [0.2, 0.25) is 0 Å². The number of rotatable bonds is 12. The quantitative estimate of drug-likeness (QED) is 0.108. The number of hydrogen-bond donors (Lipinski definition) is 6. The van der Waals surface area contributed by atoms with Crippen molar-refractivity contribution in [1.82, 2.24) is 5.32 Å². The van der Waals surface area contributed by atoms with E-state index in [1.165, 1.54) is 0 Å². The lowest BCUT2D eigenvalue weighted by molar-refractivity contribution is -0.893. The Hall–Kier alpha value is -0.820. The van der Waals surface area contributed by atoms with Crippen LogP contribution in [0.1, 0.15) is 93.2 Å². The SMILES string of the molecule is [2H]C([2H])([2H])[N+](CCCNC(=O)CC[C@@H](C)[C@H]1CC[C@H]2[C@@H]3[C@H](O)C[C@@H]4C[C@H](O)CC[C@]4(C)[C@H]3C[C@H](O)[C@]12C)(CC(O)CS(=O)(=O)O)C([2H])([2H])[2H]. The molecule has 0 spiro atoms. The highest BCUT2D eigenvalue weighted by molar-refractivity contribution is 7.85. The number of carbonyl (C=O) groups is 1. The van der Waals surface area contributed by atoms with Crippen molar-refractivity contribution in [1.29, 1.82) is 0 Å². The molecule has 11 heteroatoms. The number of quaternary nitrogens is 1. The van der Waals surface area contributed by atoms with Gasteiger partial charge in [0.15, 0.2) is 0 Å². The van der Waals surface area contributed by atoms with Crippen molar-refractivity contribution in [3.63, 3.8) is 0 Å². The van der Waals surface area contributed by atoms with Crippen LogP contribution in [0, 0.1) is 46.3 Å². The third-order valence-electron chi connectivity index (χ3n) is 12.3. The topological polar surface area (TPSA) is 164 Å². The van der Waals surface area contributed by atoms with E-state index < -0.39 is 71.1 Å². The largest absolute Gasteiger partial charge is 0.393 e. The second kappa shape index (κ2) is 13.1. The van der Waals surface area contributed by atoms with Gasteiger partial charge in [0.1, 0.15) is 18.4 Å². The van der Waals surface area contributed by atoms with Gasteiger partial charge in [-0.25, -0.2) is 0 Å². The van der Waals surface area contributed by atoms with Gasteiger partial charge in [-0.3, -0.25) is 9.35 Å². The van der Waals surface area contributed by atoms with Crippen molar-refractivity contribution in [2.45, 2.75) is 109 Å². The van der Waals surface area contributed by atoms with Crippen molar-refractivity contribution >= 4 is 16.0 Å². The molecule has 12 atom stereocenters. The predicted octanol–water partition coefficient (Wildman–Crippen LogP) is 2.20. The van der Waals surface area contributed by atoms with Crippen LogP contribution in [0.3, 0.4) is 0 Å². The van der Waals surface area contributed by atoms with Gasteiger partial charge in [-0.05, 0) is 97.7 Å². The summed E-state index contributed by atoms with van der Waals surface area (Å²) >= 11 is 0. The molecule has 10 nitrogen and oxygen atoms in total. The van der Waals surface area contributed by atoms with Crippen LogP contribution >= 0.6 is 0 Å². The van der Waals surface area contributed by atoms with Crippen LogP contribution in [0.4, 0.5) is 0 Å². The molecule has 6 N–H and O–H groups in total. The van der Waals surface area contributed by atoms with Crippen molar-refractivity contribution < 1.29 is 50.9 Å². The van der Waals surface area contributed by atoms with Gasteiger partial charge in [0, 0.05) is 19.4 Å². The van der Waals surface area contributed by atoms with Crippen LogP contribution in [0.15, 0.2) is 0 Å². The highest BCUT2D eigenvalue weighted by Gasteiger charge is 2.65. The summed E-state index contributed by atoms with van der Waals surface area (Å²) in [4.78, 5) is 12.9. The minimum absolute atomic E-state index is 0.0152. The standard InChI is InChI=1S/C32H58N2O8S/c1-20(7-10-29(39)33-13-6-14-34(4,5)18-23(36)19-43(40,41)42)24-8-9-25-30-26(17-28(38)32(24,25)3)31(2)12-11-22(35)15-21(31)16-27(30)37/h20-28,30,35-38H,6-19H2,1-5H3,(H-,33,39,40,41,42)/p+1/t20-,21+,22-,23?,24-,25+,26+,27-,28+,30+,31+,32-/m1/s1/i4D3,5D3. The molecule has 250 valence electrons. The maximum Gasteiger partial charge on any atom is 0.267 e. The molecule has 4 aliphatic rings. The molecule has 4 fully saturated rings. The number of likely N-dealkylation sites (N-methyl/N-ethyl adjacent to an activating group) is 1. The number of aliphatic hydroxyl groups is 4. The lowest BCUT2D eigenvalue weighted by Gasteiger charge is -2.63. The molecule has 4 saturated carbocycles. The minimum atomic E-state index is -4.69. The van der Waals surface area contributed by atoms with Gasteiger partial charge in [0.2, 0.25) is 5.91 Å². The number of hydrogen-bond acceptors (Lipinski definition) is 7. The third-order valence-corrected chi connectivity index (χ3v) is 13.1. The fourth-order valence-corrected chi connectivity index (χ4v) is 10.7. The Morgan fingerprint density at radius 1 is 1.09 bits per heavy atom. The Kier molecular flexibility index (Phi) is 8.33. The van der Waals surface area contributed by atoms with Crippen LogP contribution in [0.5, 0.6) is 0 Å². The van der Waals surface area contributed by atoms with Crippen LogP contribution in [-0.2, 0) is 14.9 Å². The predicted molar refractivity (Wildman–Crippen MR) is 164 cm³/mol. The maximum absolute atomic E-state index is 12.9. The summed E-state index contributed by atoms with van der Waals surface area (Å²) in [5.41, 5.74) is -0.417. The number of fused-ring (bicyclic) bond motifs is 5. The summed E-state index contributed by atoms with van der Waals surface area (Å²) in [6.45, 7) is -1.27. The normalized spacial score (nSPS) is 43.7. The molecule has 1 unspecified atom stereocenters. The van der Waals surface area contributed by atoms with E-state index in [4.69, 9.17) is 12.8 Å². The Bertz CT molecular complexity index is 1270. The first-order valence-corrected chi connectivity index (χ1v) is 17.8. The molecule has 0 aromatic carbocycles. The van der Waals surface area contributed by atoms with E-state index >= 15 is 0 Å². The summed E-state index contributed by atoms with van der Waals surface area (Å²) < 4.78 is 77.6. The first-order valence-electron chi connectivity index (χ1n) is 19.2. The van der Waals surface area contributed by atoms with Crippen molar-refractivity contribution in [2.75, 3.05) is 39.3 Å². The Labute approximate surface area is 267 Å². The molecule has 4 aliphatic carbocycles. The summed E-state index contributed by atoms with van der Waals surface area (Å²) in [5, 5.41) is 46.6. The van der Waals surface area contributed by atoms with Crippen LogP contribution in [-0.4, -0.2) is 108 Å². The monoisotopic (exact) mass is 637 g/mol. The highest BCUT2D eigenvalue weighted by Crippen LogP contribution is 2.68. The van der Waals surface area contributed by atoms with E-state index in [0.717, 1.165) is 25.7 Å². The number of nitrogens with one attached hydrogen (secondary N) is 1. The zero-order chi connectivity index (χ0) is 37.0. The average molecular weight is 638 g/mol. The number of carbonyl (C=O) groups excluding carboxylic acids is 1. The number of nitrogens with zero attached hydrogens (tertiary/aromatic N) is 1. The van der Waals surface area contributed by atoms with E-state index in [9.17, 15) is 33.6 Å². The molecule has 0 aromatic heterocycles. The Morgan fingerprint density at radius 2 is 1.81 bits per heavy atom. The van der Waals surface area contributed by atoms with E-state index in [0.29, 0.717) is 25.7 Å². The zero-order valence-electron chi connectivity index (χ0n) is 32.0. The molecular weight excluding hydrogens is 572 g/mol. The van der Waals surface area contributed by atoms with E-state index in [1.54, 1.807) is 0 Å². The third kappa shape index (κ3) is 7.60. The van der Waals surface area contributed by atoms with Gasteiger partial charge < -0.3 is 30.2 Å². The average Bonchev–Trinajstić information content (AvgIpc) is 3.31. The summed E-state index contributed by atoms with van der Waals surface area (Å²) in [5.74, 6) is -0.558.